The van der Waals surface area contributed by atoms with Crippen LogP contribution in [-0.4, -0.2) is 28.8 Å². The van der Waals surface area contributed by atoms with Crippen LogP contribution in [-0.2, 0) is 0 Å². The molecular weight excluding hydrogens is 386 g/mol. The molecule has 0 bridgehead atoms. The highest BCUT2D eigenvalue weighted by Gasteiger charge is 2.13. The number of nitrogens with one attached hydrogen (secondary N) is 1. The first-order valence-corrected chi connectivity index (χ1v) is 9.10. The van der Waals surface area contributed by atoms with E-state index < -0.39 is 0 Å². The van der Waals surface area contributed by atoms with Gasteiger partial charge in [-0.05, 0) is 66.8 Å². The molecule has 0 saturated heterocycles. The number of hydrazone groups is 1. The highest BCUT2D eigenvalue weighted by molar-refractivity contribution is 7.80. The maximum atomic E-state index is 12.8. The van der Waals surface area contributed by atoms with Crippen molar-refractivity contribution >= 4 is 28.8 Å². The van der Waals surface area contributed by atoms with Gasteiger partial charge in [0.15, 0.2) is 10.9 Å². The number of phenolic OH excluding ortho intramolecular Hbond substituents is 1. The van der Waals surface area contributed by atoms with Crippen LogP contribution in [0.5, 0.6) is 11.5 Å². The lowest BCUT2D eigenvalue weighted by atomic mass is 9.97. The predicted octanol–water partition coefficient (Wildman–Crippen LogP) is 3.22. The maximum Gasteiger partial charge on any atom is 0.193 e. The van der Waals surface area contributed by atoms with E-state index in [4.69, 9.17) is 22.7 Å². The van der Waals surface area contributed by atoms with Gasteiger partial charge in [-0.2, -0.15) is 5.10 Å². The van der Waals surface area contributed by atoms with Gasteiger partial charge in [-0.1, -0.05) is 18.2 Å². The van der Waals surface area contributed by atoms with E-state index in [0.29, 0.717) is 28.2 Å². The Hall–Kier alpha value is -3.71. The summed E-state index contributed by atoms with van der Waals surface area (Å²) in [5.41, 5.74) is 11.2. The van der Waals surface area contributed by atoms with E-state index in [1.165, 1.54) is 12.1 Å². The molecule has 0 heterocycles. The Bertz CT molecular complexity index is 1060. The Balaban J connectivity index is 2.00. The molecule has 29 heavy (non-hydrogen) atoms. The van der Waals surface area contributed by atoms with E-state index >= 15 is 0 Å². The summed E-state index contributed by atoms with van der Waals surface area (Å²) in [5, 5.41) is 13.8. The van der Waals surface area contributed by atoms with E-state index in [-0.39, 0.29) is 16.6 Å². The summed E-state index contributed by atoms with van der Waals surface area (Å²) in [7, 11) is 1.59. The molecule has 0 aliphatic heterocycles. The minimum absolute atomic E-state index is 0.0346. The number of thiocarbonyl (C=S) groups is 1. The maximum absolute atomic E-state index is 12.8. The molecule has 3 rings (SSSR count). The lowest BCUT2D eigenvalue weighted by Crippen LogP contribution is -2.26. The van der Waals surface area contributed by atoms with Gasteiger partial charge in [-0.3, -0.25) is 10.2 Å². The highest BCUT2D eigenvalue weighted by atomic mass is 32.1. The third-order valence-corrected chi connectivity index (χ3v) is 4.26. The monoisotopic (exact) mass is 405 g/mol. The molecule has 6 nitrogen and oxygen atoms in total. The second-order valence-electron chi connectivity index (χ2n) is 6.12. The van der Waals surface area contributed by atoms with Crippen molar-refractivity contribution in [1.82, 2.24) is 5.43 Å². The molecule has 0 unspecified atom stereocenters. The summed E-state index contributed by atoms with van der Waals surface area (Å²) >= 11 is 4.86. The molecule has 0 aliphatic rings. The summed E-state index contributed by atoms with van der Waals surface area (Å²) in [4.78, 5) is 12.8. The van der Waals surface area contributed by atoms with Crippen molar-refractivity contribution < 1.29 is 14.6 Å². The van der Waals surface area contributed by atoms with Crippen LogP contribution in [0.1, 0.15) is 27.0 Å². The van der Waals surface area contributed by atoms with E-state index in [1.54, 1.807) is 37.4 Å². The second kappa shape index (κ2) is 8.99. The minimum Gasteiger partial charge on any atom is -0.508 e. The molecule has 3 aromatic carbocycles. The van der Waals surface area contributed by atoms with Gasteiger partial charge >= 0.3 is 0 Å². The van der Waals surface area contributed by atoms with Crippen molar-refractivity contribution in [2.24, 2.45) is 10.8 Å². The zero-order valence-electron chi connectivity index (χ0n) is 15.6. The Labute approximate surface area is 173 Å². The molecule has 0 amide bonds. The van der Waals surface area contributed by atoms with Crippen LogP contribution in [0.3, 0.4) is 0 Å². The largest absolute Gasteiger partial charge is 0.508 e. The van der Waals surface area contributed by atoms with Gasteiger partial charge in [-0.25, -0.2) is 0 Å². The topological polar surface area (TPSA) is 96.9 Å². The van der Waals surface area contributed by atoms with Crippen LogP contribution in [0, 0.1) is 0 Å². The van der Waals surface area contributed by atoms with Crippen LogP contribution >= 0.6 is 12.2 Å². The van der Waals surface area contributed by atoms with Crippen molar-refractivity contribution in [2.45, 2.75) is 0 Å². The number of ketones is 1. The Morgan fingerprint density at radius 1 is 0.966 bits per heavy atom. The molecule has 4 N–H and O–H groups in total. The van der Waals surface area contributed by atoms with Crippen LogP contribution in [0.15, 0.2) is 77.9 Å². The second-order valence-corrected chi connectivity index (χ2v) is 6.56. The molecule has 0 spiro atoms. The highest BCUT2D eigenvalue weighted by Crippen LogP contribution is 2.19. The number of carbonyl (C=O) groups is 1. The molecule has 0 fully saturated rings. The number of aromatic hydroxyl groups is 1. The molecule has 3 aromatic rings. The lowest BCUT2D eigenvalue weighted by molar-refractivity contribution is 0.103. The van der Waals surface area contributed by atoms with Crippen LogP contribution in [0.2, 0.25) is 0 Å². The molecule has 0 aliphatic carbocycles. The van der Waals surface area contributed by atoms with E-state index in [2.05, 4.69) is 10.5 Å². The first-order valence-electron chi connectivity index (χ1n) is 8.69. The molecule has 0 radical (unpaired) electrons. The molecule has 0 aromatic heterocycles. The van der Waals surface area contributed by atoms with E-state index in [0.717, 1.165) is 5.56 Å². The van der Waals surface area contributed by atoms with E-state index in [1.807, 2.05) is 30.3 Å². The number of hydrogen-bond acceptors (Lipinski definition) is 5. The van der Waals surface area contributed by atoms with Crippen LogP contribution in [0.25, 0.3) is 0 Å². The number of nitrogens with zero attached hydrogens (tertiary/aromatic N) is 1. The standard InChI is InChI=1S/C22H19N3O3S/c1-28-19-11-7-14(8-12-19)20(24-25-22(23)29)16-3-2-4-17(13-16)21(27)15-5-9-18(26)10-6-15/h2-13,26H,1H3,(H3,23,25,29)/b24-20-. The summed E-state index contributed by atoms with van der Waals surface area (Å²) in [6, 6.07) is 20.6. The zero-order valence-corrected chi connectivity index (χ0v) is 16.4. The fraction of sp³-hybridized carbons (Fsp3) is 0.0455. The van der Waals surface area contributed by atoms with Crippen molar-refractivity contribution in [3.63, 3.8) is 0 Å². The molecule has 0 saturated carbocycles. The number of benzene rings is 3. The normalized spacial score (nSPS) is 11.0. The van der Waals surface area contributed by atoms with Gasteiger partial charge < -0.3 is 15.6 Å². The summed E-state index contributed by atoms with van der Waals surface area (Å²) in [5.74, 6) is 0.656. The Morgan fingerprint density at radius 3 is 2.21 bits per heavy atom. The van der Waals surface area contributed by atoms with Crippen molar-refractivity contribution in [3.05, 3.63) is 95.1 Å². The van der Waals surface area contributed by atoms with Crippen molar-refractivity contribution in [2.75, 3.05) is 7.11 Å². The fourth-order valence-electron chi connectivity index (χ4n) is 2.74. The summed E-state index contributed by atoms with van der Waals surface area (Å²) in [6.45, 7) is 0. The molecule has 0 atom stereocenters. The summed E-state index contributed by atoms with van der Waals surface area (Å²) < 4.78 is 5.20. The number of hydrogen-bond donors (Lipinski definition) is 3. The van der Waals surface area contributed by atoms with Gasteiger partial charge in [0.05, 0.1) is 12.8 Å². The quantitative estimate of drug-likeness (QED) is 0.252. The number of methoxy groups -OCH3 is 1. The molecular formula is C22H19N3O3S. The predicted molar refractivity (Wildman–Crippen MR) is 117 cm³/mol. The van der Waals surface area contributed by atoms with Gasteiger partial charge in [0.1, 0.15) is 11.5 Å². The Morgan fingerprint density at radius 2 is 1.59 bits per heavy atom. The number of nitrogens with two attached hydrogens (primary N) is 1. The first-order chi connectivity index (χ1) is 14.0. The SMILES string of the molecule is COc1ccc(/C(=N/NC(N)=S)c2cccc(C(=O)c3ccc(O)cc3)c2)cc1. The van der Waals surface area contributed by atoms with Gasteiger partial charge in [0.25, 0.3) is 0 Å². The van der Waals surface area contributed by atoms with Crippen LogP contribution in [0.4, 0.5) is 0 Å². The van der Waals surface area contributed by atoms with Crippen molar-refractivity contribution in [1.29, 1.82) is 0 Å². The third kappa shape index (κ3) is 4.97. The van der Waals surface area contributed by atoms with Gasteiger partial charge in [-0.15, -0.1) is 0 Å². The van der Waals surface area contributed by atoms with Crippen LogP contribution < -0.4 is 15.9 Å². The fourth-order valence-corrected chi connectivity index (χ4v) is 2.79. The number of phenols is 1. The average Bonchev–Trinajstić information content (AvgIpc) is 2.74. The smallest absolute Gasteiger partial charge is 0.193 e. The number of carbonyl (C=O) groups excluding carboxylic acids is 1. The summed E-state index contributed by atoms with van der Waals surface area (Å²) in [6.07, 6.45) is 0. The average molecular weight is 405 g/mol. The van der Waals surface area contributed by atoms with Crippen molar-refractivity contribution in [3.8, 4) is 11.5 Å². The zero-order chi connectivity index (χ0) is 20.8. The van der Waals surface area contributed by atoms with E-state index in [9.17, 15) is 9.90 Å². The first kappa shape index (κ1) is 20.0. The number of ether oxygens (including phenoxy) is 1. The van der Waals surface area contributed by atoms with Gasteiger partial charge in [0, 0.05) is 22.3 Å². The van der Waals surface area contributed by atoms with Gasteiger partial charge in [0.2, 0.25) is 0 Å². The molecule has 146 valence electrons. The molecule has 7 heteroatoms. The number of rotatable bonds is 6. The minimum atomic E-state index is -0.164. The Kier molecular flexibility index (Phi) is 6.21. The third-order valence-electron chi connectivity index (χ3n) is 4.17. The lowest BCUT2D eigenvalue weighted by Gasteiger charge is -2.10.